The Bertz CT molecular complexity index is 822. The van der Waals surface area contributed by atoms with E-state index < -0.39 is 27.6 Å². The molecule has 2 aromatic rings. The van der Waals surface area contributed by atoms with Gasteiger partial charge in [0.1, 0.15) is 5.82 Å². The third-order valence-electron chi connectivity index (χ3n) is 2.92. The molecule has 1 N–H and O–H groups in total. The Balaban J connectivity index is 2.18. The zero-order chi connectivity index (χ0) is 17.3. The number of benzene rings is 2. The summed E-state index contributed by atoms with van der Waals surface area (Å²) < 4.78 is 77.1. The number of nitrogens with one attached hydrogen (secondary N) is 1. The minimum Gasteiger partial charge on any atom is -0.207 e. The standard InChI is InChI=1S/C14H10ClF4NO2S/c15-12-7-11(4-5-13(12)16)23(21,22)20-8-9-2-1-3-10(6-9)14(17,18)19/h1-7,20H,8H2. The SMILES string of the molecule is O=S(=O)(NCc1cccc(C(F)(F)F)c1)c1ccc(F)c(Cl)c1. The second-order valence-corrected chi connectivity index (χ2v) is 6.77. The highest BCUT2D eigenvalue weighted by atomic mass is 35.5. The van der Waals surface area contributed by atoms with Crippen LogP contribution in [0.25, 0.3) is 0 Å². The number of halogens is 5. The second kappa shape index (κ2) is 6.46. The van der Waals surface area contributed by atoms with E-state index >= 15 is 0 Å². The van der Waals surface area contributed by atoms with Gasteiger partial charge < -0.3 is 0 Å². The molecular formula is C14H10ClF4NO2S. The van der Waals surface area contributed by atoms with Crippen LogP contribution in [-0.2, 0) is 22.7 Å². The van der Waals surface area contributed by atoms with E-state index in [9.17, 15) is 26.0 Å². The first-order valence-corrected chi connectivity index (χ1v) is 8.06. The summed E-state index contributed by atoms with van der Waals surface area (Å²) in [5.41, 5.74) is -0.740. The predicted molar refractivity (Wildman–Crippen MR) is 76.9 cm³/mol. The maximum absolute atomic E-state index is 13.0. The fraction of sp³-hybridized carbons (Fsp3) is 0.143. The molecule has 0 aliphatic rings. The molecule has 0 radical (unpaired) electrons. The van der Waals surface area contributed by atoms with Gasteiger partial charge in [0.25, 0.3) is 0 Å². The molecule has 2 rings (SSSR count). The van der Waals surface area contributed by atoms with Crippen LogP contribution in [0.2, 0.25) is 5.02 Å². The minimum atomic E-state index is -4.51. The van der Waals surface area contributed by atoms with Crippen molar-refractivity contribution in [3.63, 3.8) is 0 Å². The molecule has 0 aliphatic heterocycles. The van der Waals surface area contributed by atoms with E-state index in [1.807, 2.05) is 0 Å². The zero-order valence-electron chi connectivity index (χ0n) is 11.4. The lowest BCUT2D eigenvalue weighted by atomic mass is 10.1. The summed E-state index contributed by atoms with van der Waals surface area (Å²) in [4.78, 5) is -0.282. The van der Waals surface area contributed by atoms with E-state index in [1.54, 1.807) is 0 Å². The van der Waals surface area contributed by atoms with Gasteiger partial charge >= 0.3 is 6.18 Å². The summed E-state index contributed by atoms with van der Waals surface area (Å²) in [6.45, 7) is -0.346. The topological polar surface area (TPSA) is 46.2 Å². The maximum atomic E-state index is 13.0. The van der Waals surface area contributed by atoms with Gasteiger partial charge in [-0.15, -0.1) is 0 Å². The quantitative estimate of drug-likeness (QED) is 0.831. The average molecular weight is 368 g/mol. The number of alkyl halides is 3. The van der Waals surface area contributed by atoms with Crippen molar-refractivity contribution in [2.75, 3.05) is 0 Å². The zero-order valence-corrected chi connectivity index (χ0v) is 12.9. The van der Waals surface area contributed by atoms with E-state index in [1.165, 1.54) is 12.1 Å². The van der Waals surface area contributed by atoms with Gasteiger partial charge in [0.15, 0.2) is 0 Å². The lowest BCUT2D eigenvalue weighted by molar-refractivity contribution is -0.137. The van der Waals surface area contributed by atoms with E-state index in [0.717, 1.165) is 30.3 Å². The van der Waals surface area contributed by atoms with Gasteiger partial charge in [0.2, 0.25) is 10.0 Å². The smallest absolute Gasteiger partial charge is 0.207 e. The molecule has 0 bridgehead atoms. The van der Waals surface area contributed by atoms with Crippen molar-refractivity contribution >= 4 is 21.6 Å². The molecule has 0 aliphatic carbocycles. The number of hydrogen-bond donors (Lipinski definition) is 1. The van der Waals surface area contributed by atoms with Gasteiger partial charge in [-0.1, -0.05) is 29.8 Å². The van der Waals surface area contributed by atoms with Crippen LogP contribution in [0.4, 0.5) is 17.6 Å². The molecule has 0 atom stereocenters. The summed E-state index contributed by atoms with van der Waals surface area (Å²) in [5.74, 6) is -0.775. The van der Waals surface area contributed by atoms with Gasteiger partial charge in [-0.2, -0.15) is 13.2 Å². The van der Waals surface area contributed by atoms with Crippen LogP contribution < -0.4 is 4.72 Å². The number of sulfonamides is 1. The van der Waals surface area contributed by atoms with E-state index in [-0.39, 0.29) is 22.0 Å². The fourth-order valence-electron chi connectivity index (χ4n) is 1.76. The molecule has 23 heavy (non-hydrogen) atoms. The Kier molecular flexibility index (Phi) is 4.98. The molecule has 124 valence electrons. The summed E-state index contributed by atoms with van der Waals surface area (Å²) in [6, 6.07) is 7.09. The third-order valence-corrected chi connectivity index (χ3v) is 4.61. The van der Waals surface area contributed by atoms with Gasteiger partial charge in [-0.25, -0.2) is 17.5 Å². The third kappa shape index (κ3) is 4.43. The Morgan fingerprint density at radius 3 is 2.39 bits per heavy atom. The van der Waals surface area contributed by atoms with Gasteiger partial charge in [-0.05, 0) is 29.8 Å². The first-order valence-electron chi connectivity index (χ1n) is 6.20. The van der Waals surface area contributed by atoms with Crippen LogP contribution in [0.1, 0.15) is 11.1 Å². The van der Waals surface area contributed by atoms with Crippen LogP contribution in [0.15, 0.2) is 47.4 Å². The van der Waals surface area contributed by atoms with Gasteiger partial charge in [-0.3, -0.25) is 0 Å². The van der Waals surface area contributed by atoms with E-state index in [2.05, 4.69) is 4.72 Å². The highest BCUT2D eigenvalue weighted by Crippen LogP contribution is 2.29. The molecule has 3 nitrogen and oxygen atoms in total. The molecular weight excluding hydrogens is 358 g/mol. The van der Waals surface area contributed by atoms with Crippen molar-refractivity contribution in [2.24, 2.45) is 0 Å². The first kappa shape index (κ1) is 17.7. The highest BCUT2D eigenvalue weighted by Gasteiger charge is 2.30. The summed E-state index contributed by atoms with van der Waals surface area (Å²) >= 11 is 5.52. The number of rotatable bonds is 4. The Hall–Kier alpha value is -1.64. The van der Waals surface area contributed by atoms with Crippen molar-refractivity contribution in [1.29, 1.82) is 0 Å². The van der Waals surface area contributed by atoms with Crippen molar-refractivity contribution < 1.29 is 26.0 Å². The van der Waals surface area contributed by atoms with Crippen LogP contribution in [0.5, 0.6) is 0 Å². The lowest BCUT2D eigenvalue weighted by Gasteiger charge is -2.10. The van der Waals surface area contributed by atoms with Crippen molar-refractivity contribution in [2.45, 2.75) is 17.6 Å². The molecule has 0 amide bonds. The first-order chi connectivity index (χ1) is 10.6. The van der Waals surface area contributed by atoms with Crippen LogP contribution in [0, 0.1) is 5.82 Å². The van der Waals surface area contributed by atoms with Gasteiger partial charge in [0, 0.05) is 6.54 Å². The largest absolute Gasteiger partial charge is 0.416 e. The Morgan fingerprint density at radius 2 is 1.78 bits per heavy atom. The van der Waals surface area contributed by atoms with E-state index in [0.29, 0.717) is 0 Å². The highest BCUT2D eigenvalue weighted by molar-refractivity contribution is 7.89. The van der Waals surface area contributed by atoms with Crippen LogP contribution in [-0.4, -0.2) is 8.42 Å². The van der Waals surface area contributed by atoms with Crippen molar-refractivity contribution in [3.05, 3.63) is 64.4 Å². The molecule has 2 aromatic carbocycles. The maximum Gasteiger partial charge on any atom is 0.416 e. The Labute approximate surface area is 134 Å². The molecule has 0 heterocycles. The second-order valence-electron chi connectivity index (χ2n) is 4.60. The van der Waals surface area contributed by atoms with E-state index in [4.69, 9.17) is 11.6 Å². The fourth-order valence-corrected chi connectivity index (χ4v) is 3.05. The predicted octanol–water partition coefficient (Wildman–Crippen LogP) is 3.98. The molecule has 0 aromatic heterocycles. The monoisotopic (exact) mass is 367 g/mol. The van der Waals surface area contributed by atoms with Crippen LogP contribution >= 0.6 is 11.6 Å². The molecule has 0 spiro atoms. The Morgan fingerprint density at radius 1 is 1.09 bits per heavy atom. The summed E-state index contributed by atoms with van der Waals surface area (Å²) in [5, 5.41) is -0.369. The van der Waals surface area contributed by atoms with Crippen LogP contribution in [0.3, 0.4) is 0 Å². The normalized spacial score (nSPS) is 12.4. The molecule has 0 saturated heterocycles. The minimum absolute atomic E-state index is 0.136. The van der Waals surface area contributed by atoms with Crippen molar-refractivity contribution in [1.82, 2.24) is 4.72 Å². The molecule has 0 unspecified atom stereocenters. The summed E-state index contributed by atoms with van der Waals surface area (Å²) in [6.07, 6.45) is -4.51. The molecule has 9 heteroatoms. The lowest BCUT2D eigenvalue weighted by Crippen LogP contribution is -2.23. The van der Waals surface area contributed by atoms with Crippen molar-refractivity contribution in [3.8, 4) is 0 Å². The van der Waals surface area contributed by atoms with Gasteiger partial charge in [0.05, 0.1) is 15.5 Å². The molecule has 0 saturated carbocycles. The summed E-state index contributed by atoms with van der Waals surface area (Å²) in [7, 11) is -4.03. The number of hydrogen-bond acceptors (Lipinski definition) is 2. The average Bonchev–Trinajstić information content (AvgIpc) is 2.47. The molecule has 0 fully saturated rings.